The molecule has 1 amide bonds. The summed E-state index contributed by atoms with van der Waals surface area (Å²) >= 11 is 0. The van der Waals surface area contributed by atoms with Gasteiger partial charge in [0.05, 0.1) is 11.7 Å². The maximum atomic E-state index is 13.4. The maximum Gasteiger partial charge on any atom is 0.230 e. The topological polar surface area (TPSA) is 75.3 Å². The van der Waals surface area contributed by atoms with Gasteiger partial charge >= 0.3 is 0 Å². The summed E-state index contributed by atoms with van der Waals surface area (Å²) in [6.07, 6.45) is 5.57. The van der Waals surface area contributed by atoms with Crippen LogP contribution < -0.4 is 10.0 Å². The standard InChI is InChI=1S/C21H25FN2O3S/c1-28(26,27)24-19-10-8-17(9-11-19)21(12-3-2-4-13-21)20(25)23-15-16-6-5-7-18(22)14-16/h5-11,14,24H,2-4,12-13,15H2,1H3,(H,23,25). The second kappa shape index (κ2) is 8.31. The molecule has 0 spiro atoms. The lowest BCUT2D eigenvalue weighted by atomic mass is 9.68. The van der Waals surface area contributed by atoms with E-state index in [0.717, 1.165) is 43.9 Å². The van der Waals surface area contributed by atoms with E-state index < -0.39 is 15.4 Å². The van der Waals surface area contributed by atoms with Gasteiger partial charge in [-0.05, 0) is 48.2 Å². The van der Waals surface area contributed by atoms with Gasteiger partial charge in [-0.15, -0.1) is 0 Å². The number of hydrogen-bond donors (Lipinski definition) is 2. The number of rotatable bonds is 6. The van der Waals surface area contributed by atoms with E-state index in [1.807, 2.05) is 12.1 Å². The molecule has 0 heterocycles. The molecule has 2 N–H and O–H groups in total. The number of hydrogen-bond acceptors (Lipinski definition) is 3. The smallest absolute Gasteiger partial charge is 0.230 e. The SMILES string of the molecule is CS(=O)(=O)Nc1ccc(C2(C(=O)NCc3cccc(F)c3)CCCCC2)cc1. The number of sulfonamides is 1. The summed E-state index contributed by atoms with van der Waals surface area (Å²) in [5, 5.41) is 2.97. The van der Waals surface area contributed by atoms with Gasteiger partial charge in [-0.25, -0.2) is 12.8 Å². The fraction of sp³-hybridized carbons (Fsp3) is 0.381. The molecule has 0 aliphatic heterocycles. The van der Waals surface area contributed by atoms with Crippen molar-refractivity contribution >= 4 is 21.6 Å². The number of nitrogens with one attached hydrogen (secondary N) is 2. The molecule has 0 unspecified atom stereocenters. The molecule has 0 bridgehead atoms. The lowest BCUT2D eigenvalue weighted by Crippen LogP contribution is -2.45. The highest BCUT2D eigenvalue weighted by molar-refractivity contribution is 7.92. The molecule has 150 valence electrons. The Labute approximate surface area is 165 Å². The normalized spacial score (nSPS) is 16.4. The van der Waals surface area contributed by atoms with Crippen LogP contribution in [0.4, 0.5) is 10.1 Å². The Hall–Kier alpha value is -2.41. The summed E-state index contributed by atoms with van der Waals surface area (Å²) in [5.41, 5.74) is 1.42. The monoisotopic (exact) mass is 404 g/mol. The van der Waals surface area contributed by atoms with Crippen molar-refractivity contribution in [1.82, 2.24) is 5.32 Å². The number of carbonyl (C=O) groups excluding carboxylic acids is 1. The minimum atomic E-state index is -3.35. The molecule has 28 heavy (non-hydrogen) atoms. The zero-order valence-electron chi connectivity index (χ0n) is 15.9. The van der Waals surface area contributed by atoms with Crippen LogP contribution in [0, 0.1) is 5.82 Å². The van der Waals surface area contributed by atoms with E-state index in [0.29, 0.717) is 11.3 Å². The Morgan fingerprint density at radius 3 is 2.36 bits per heavy atom. The van der Waals surface area contributed by atoms with Gasteiger partial charge < -0.3 is 5.32 Å². The second-order valence-electron chi connectivity index (χ2n) is 7.41. The molecule has 5 nitrogen and oxygen atoms in total. The van der Waals surface area contributed by atoms with Crippen LogP contribution in [0.2, 0.25) is 0 Å². The van der Waals surface area contributed by atoms with Gasteiger partial charge in [-0.3, -0.25) is 9.52 Å². The first-order valence-electron chi connectivity index (χ1n) is 9.40. The highest BCUT2D eigenvalue weighted by atomic mass is 32.2. The third kappa shape index (κ3) is 4.90. The molecule has 3 rings (SSSR count). The third-order valence-electron chi connectivity index (χ3n) is 5.22. The van der Waals surface area contributed by atoms with Crippen molar-refractivity contribution in [3.63, 3.8) is 0 Å². The van der Waals surface area contributed by atoms with Crippen LogP contribution in [0.1, 0.15) is 43.2 Å². The van der Waals surface area contributed by atoms with Crippen molar-refractivity contribution in [2.24, 2.45) is 0 Å². The maximum absolute atomic E-state index is 13.4. The van der Waals surface area contributed by atoms with Gasteiger partial charge in [0.25, 0.3) is 0 Å². The molecule has 1 aliphatic rings. The van der Waals surface area contributed by atoms with Crippen LogP contribution in [0.3, 0.4) is 0 Å². The third-order valence-corrected chi connectivity index (χ3v) is 5.83. The zero-order valence-corrected chi connectivity index (χ0v) is 16.7. The summed E-state index contributed by atoms with van der Waals surface area (Å²) in [7, 11) is -3.35. The quantitative estimate of drug-likeness (QED) is 0.771. The minimum absolute atomic E-state index is 0.0692. The largest absolute Gasteiger partial charge is 0.351 e. The molecule has 0 saturated heterocycles. The molecule has 0 atom stereocenters. The van der Waals surface area contributed by atoms with Crippen molar-refractivity contribution in [3.05, 3.63) is 65.5 Å². The Kier molecular flexibility index (Phi) is 6.03. The Morgan fingerprint density at radius 1 is 1.07 bits per heavy atom. The van der Waals surface area contributed by atoms with Gasteiger partial charge in [0, 0.05) is 12.2 Å². The number of benzene rings is 2. The highest BCUT2D eigenvalue weighted by Crippen LogP contribution is 2.40. The van der Waals surface area contributed by atoms with Gasteiger partial charge in [-0.2, -0.15) is 0 Å². The molecular weight excluding hydrogens is 379 g/mol. The van der Waals surface area contributed by atoms with Crippen LogP contribution >= 0.6 is 0 Å². The molecular formula is C21H25FN2O3S. The van der Waals surface area contributed by atoms with Crippen LogP contribution in [0.5, 0.6) is 0 Å². The highest BCUT2D eigenvalue weighted by Gasteiger charge is 2.40. The predicted molar refractivity (Wildman–Crippen MR) is 108 cm³/mol. The minimum Gasteiger partial charge on any atom is -0.351 e. The van der Waals surface area contributed by atoms with E-state index in [1.54, 1.807) is 24.3 Å². The first-order valence-corrected chi connectivity index (χ1v) is 11.3. The molecule has 0 aromatic heterocycles. The average Bonchev–Trinajstić information content (AvgIpc) is 2.66. The van der Waals surface area contributed by atoms with Gasteiger partial charge in [0.2, 0.25) is 15.9 Å². The number of amides is 1. The molecule has 2 aromatic rings. The van der Waals surface area contributed by atoms with Crippen LogP contribution in [-0.2, 0) is 26.8 Å². The lowest BCUT2D eigenvalue weighted by Gasteiger charge is -2.36. The van der Waals surface area contributed by atoms with E-state index in [-0.39, 0.29) is 18.3 Å². The van der Waals surface area contributed by atoms with Crippen molar-refractivity contribution in [2.45, 2.75) is 44.1 Å². The Morgan fingerprint density at radius 2 is 1.75 bits per heavy atom. The summed E-state index contributed by atoms with van der Waals surface area (Å²) in [4.78, 5) is 13.2. The molecule has 1 fully saturated rings. The van der Waals surface area contributed by atoms with Crippen LogP contribution in [0.25, 0.3) is 0 Å². The molecule has 7 heteroatoms. The van der Waals surface area contributed by atoms with Gasteiger partial charge in [0.1, 0.15) is 5.82 Å². The number of carbonyl (C=O) groups is 1. The second-order valence-corrected chi connectivity index (χ2v) is 9.16. The van der Waals surface area contributed by atoms with Crippen molar-refractivity contribution in [1.29, 1.82) is 0 Å². The van der Waals surface area contributed by atoms with Crippen LogP contribution in [0.15, 0.2) is 48.5 Å². The summed E-state index contributed by atoms with van der Waals surface area (Å²) in [5.74, 6) is -0.395. The molecule has 1 saturated carbocycles. The molecule has 0 radical (unpaired) electrons. The number of halogens is 1. The van der Waals surface area contributed by atoms with Gasteiger partial charge in [0.15, 0.2) is 0 Å². The predicted octanol–water partition coefficient (Wildman–Crippen LogP) is 3.72. The number of anilines is 1. The zero-order chi connectivity index (χ0) is 20.2. The van der Waals surface area contributed by atoms with Crippen molar-refractivity contribution in [2.75, 3.05) is 11.0 Å². The van der Waals surface area contributed by atoms with E-state index in [4.69, 9.17) is 0 Å². The molecule has 2 aromatic carbocycles. The Bertz CT molecular complexity index is 936. The summed E-state index contributed by atoms with van der Waals surface area (Å²) in [6, 6.07) is 13.2. The summed E-state index contributed by atoms with van der Waals surface area (Å²) in [6.45, 7) is 0.270. The van der Waals surface area contributed by atoms with Crippen molar-refractivity contribution < 1.29 is 17.6 Å². The lowest BCUT2D eigenvalue weighted by molar-refractivity contribution is -0.128. The first-order chi connectivity index (χ1) is 13.3. The van der Waals surface area contributed by atoms with Crippen LogP contribution in [-0.4, -0.2) is 20.6 Å². The molecule has 1 aliphatic carbocycles. The van der Waals surface area contributed by atoms with E-state index in [1.165, 1.54) is 12.1 Å². The Balaban J connectivity index is 1.80. The summed E-state index contributed by atoms with van der Waals surface area (Å²) < 4.78 is 38.6. The fourth-order valence-electron chi connectivity index (χ4n) is 3.87. The fourth-order valence-corrected chi connectivity index (χ4v) is 4.44. The first kappa shape index (κ1) is 20.3. The van der Waals surface area contributed by atoms with E-state index >= 15 is 0 Å². The van der Waals surface area contributed by atoms with Crippen molar-refractivity contribution in [3.8, 4) is 0 Å². The van der Waals surface area contributed by atoms with E-state index in [2.05, 4.69) is 10.0 Å². The van der Waals surface area contributed by atoms with Gasteiger partial charge in [-0.1, -0.05) is 43.5 Å². The average molecular weight is 405 g/mol. The van der Waals surface area contributed by atoms with E-state index in [9.17, 15) is 17.6 Å².